The van der Waals surface area contributed by atoms with Crippen molar-refractivity contribution in [1.82, 2.24) is 9.47 Å². The van der Waals surface area contributed by atoms with Crippen LogP contribution in [0.2, 0.25) is 5.02 Å². The first-order chi connectivity index (χ1) is 10.5. The smallest absolute Gasteiger partial charge is 0.308 e. The molecule has 6 heteroatoms. The summed E-state index contributed by atoms with van der Waals surface area (Å²) in [6.45, 7) is 0.812. The summed E-state index contributed by atoms with van der Waals surface area (Å²) >= 11 is 6.39. The van der Waals surface area contributed by atoms with Crippen molar-refractivity contribution in [2.24, 2.45) is 13.0 Å². The Bertz CT molecular complexity index is 714. The van der Waals surface area contributed by atoms with Crippen LogP contribution in [0, 0.1) is 5.92 Å². The van der Waals surface area contributed by atoms with Crippen LogP contribution in [0.4, 0.5) is 0 Å². The molecule has 1 atom stereocenters. The van der Waals surface area contributed by atoms with E-state index in [1.54, 1.807) is 16.5 Å². The average molecular weight is 321 g/mol. The van der Waals surface area contributed by atoms with Gasteiger partial charge in [-0.3, -0.25) is 9.59 Å². The Hall–Kier alpha value is -2.01. The summed E-state index contributed by atoms with van der Waals surface area (Å²) in [5, 5.41) is 10.4. The highest BCUT2D eigenvalue weighted by molar-refractivity contribution is 6.38. The number of carboxylic acid groups (broad SMARTS) is 1. The maximum Gasteiger partial charge on any atom is 0.308 e. The van der Waals surface area contributed by atoms with Gasteiger partial charge in [0.2, 0.25) is 0 Å². The van der Waals surface area contributed by atoms with E-state index in [0.29, 0.717) is 30.1 Å². The van der Waals surface area contributed by atoms with Crippen LogP contribution in [0.25, 0.3) is 10.9 Å². The molecule has 116 valence electrons. The zero-order chi connectivity index (χ0) is 15.9. The summed E-state index contributed by atoms with van der Waals surface area (Å²) in [4.78, 5) is 25.6. The molecule has 0 radical (unpaired) electrons. The van der Waals surface area contributed by atoms with Crippen molar-refractivity contribution in [3.8, 4) is 0 Å². The molecule has 1 N–H and O–H groups in total. The quantitative estimate of drug-likeness (QED) is 0.925. The molecule has 1 saturated heterocycles. The second kappa shape index (κ2) is 5.65. The summed E-state index contributed by atoms with van der Waals surface area (Å²) < 4.78 is 1.78. The molecule has 1 aromatic heterocycles. The monoisotopic (exact) mass is 320 g/mol. The number of carbonyl (C=O) groups excluding carboxylic acids is 1. The second-order valence-corrected chi connectivity index (χ2v) is 6.05. The van der Waals surface area contributed by atoms with Gasteiger partial charge in [-0.15, -0.1) is 0 Å². The van der Waals surface area contributed by atoms with Gasteiger partial charge in [0.15, 0.2) is 0 Å². The van der Waals surface area contributed by atoms with Crippen molar-refractivity contribution in [1.29, 1.82) is 0 Å². The first-order valence-electron chi connectivity index (χ1n) is 7.25. The van der Waals surface area contributed by atoms with Crippen molar-refractivity contribution < 1.29 is 14.7 Å². The molecular formula is C16H17ClN2O3. The third-order valence-corrected chi connectivity index (χ3v) is 4.69. The topological polar surface area (TPSA) is 62.5 Å². The first-order valence-corrected chi connectivity index (χ1v) is 7.63. The maximum absolute atomic E-state index is 12.8. The minimum atomic E-state index is -0.847. The molecule has 3 rings (SSSR count). The molecule has 22 heavy (non-hydrogen) atoms. The van der Waals surface area contributed by atoms with Gasteiger partial charge < -0.3 is 14.6 Å². The number of para-hydroxylation sites is 1. The predicted octanol–water partition coefficient (Wildman–Crippen LogP) is 2.77. The molecule has 1 aromatic carbocycles. The lowest BCUT2D eigenvalue weighted by molar-refractivity contribution is -0.143. The van der Waals surface area contributed by atoms with Crippen LogP contribution in [-0.4, -0.2) is 39.5 Å². The van der Waals surface area contributed by atoms with Crippen molar-refractivity contribution in [2.75, 3.05) is 13.1 Å². The number of nitrogens with zero attached hydrogens (tertiary/aromatic N) is 2. The first kappa shape index (κ1) is 14.9. The minimum Gasteiger partial charge on any atom is -0.481 e. The number of carboxylic acids is 1. The van der Waals surface area contributed by atoms with Crippen LogP contribution in [0.5, 0.6) is 0 Å². The summed E-state index contributed by atoms with van der Waals surface area (Å²) in [5.41, 5.74) is 1.32. The van der Waals surface area contributed by atoms with Gasteiger partial charge in [0, 0.05) is 31.0 Å². The number of carbonyl (C=O) groups is 2. The molecule has 1 fully saturated rings. The Balaban J connectivity index is 1.97. The third-order valence-electron chi connectivity index (χ3n) is 4.31. The number of halogens is 1. The van der Waals surface area contributed by atoms with E-state index in [0.717, 1.165) is 10.9 Å². The van der Waals surface area contributed by atoms with Gasteiger partial charge in [0.25, 0.3) is 5.91 Å². The highest BCUT2D eigenvalue weighted by Gasteiger charge is 2.31. The number of benzene rings is 1. The van der Waals surface area contributed by atoms with Gasteiger partial charge >= 0.3 is 5.97 Å². The molecule has 0 saturated carbocycles. The molecule has 2 aromatic rings. The highest BCUT2D eigenvalue weighted by atomic mass is 35.5. The van der Waals surface area contributed by atoms with Crippen molar-refractivity contribution in [2.45, 2.75) is 12.8 Å². The van der Waals surface area contributed by atoms with Gasteiger partial charge in [-0.2, -0.15) is 0 Å². The summed E-state index contributed by atoms with van der Waals surface area (Å²) in [5.74, 6) is -1.54. The van der Waals surface area contributed by atoms with E-state index in [1.165, 1.54) is 0 Å². The number of aliphatic carboxylic acids is 1. The molecule has 0 bridgehead atoms. The molecule has 0 aliphatic carbocycles. The van der Waals surface area contributed by atoms with Gasteiger partial charge in [0.1, 0.15) is 5.69 Å². The van der Waals surface area contributed by atoms with E-state index in [9.17, 15) is 9.59 Å². The zero-order valence-electron chi connectivity index (χ0n) is 12.3. The number of amides is 1. The Kier molecular flexibility index (Phi) is 3.83. The average Bonchev–Trinajstić information content (AvgIpc) is 2.79. The van der Waals surface area contributed by atoms with Crippen LogP contribution in [0.15, 0.2) is 24.3 Å². The van der Waals surface area contributed by atoms with E-state index in [2.05, 4.69) is 0 Å². The van der Waals surface area contributed by atoms with Gasteiger partial charge in [-0.25, -0.2) is 0 Å². The van der Waals surface area contributed by atoms with Crippen LogP contribution in [-0.2, 0) is 11.8 Å². The van der Waals surface area contributed by atoms with E-state index in [1.807, 2.05) is 24.3 Å². The van der Waals surface area contributed by atoms with Crippen LogP contribution in [0.3, 0.4) is 0 Å². The predicted molar refractivity (Wildman–Crippen MR) is 84.2 cm³/mol. The van der Waals surface area contributed by atoms with Crippen LogP contribution < -0.4 is 0 Å². The minimum absolute atomic E-state index is 0.199. The van der Waals surface area contributed by atoms with Crippen molar-refractivity contribution in [3.63, 3.8) is 0 Å². The van der Waals surface area contributed by atoms with Crippen LogP contribution in [0.1, 0.15) is 23.3 Å². The Labute approximate surface area is 133 Å². The standard InChI is InChI=1S/C16H17ClN2O3/c1-18-12-7-3-2-6-11(12)13(17)14(18)15(20)19-8-4-5-10(9-19)16(21)22/h2-3,6-7,10H,4-5,8-9H2,1H3,(H,21,22)/t10-/m0/s1. The lowest BCUT2D eigenvalue weighted by Gasteiger charge is -2.30. The van der Waals surface area contributed by atoms with Crippen molar-refractivity contribution >= 4 is 34.4 Å². The second-order valence-electron chi connectivity index (χ2n) is 5.67. The van der Waals surface area contributed by atoms with Gasteiger partial charge in [0.05, 0.1) is 10.9 Å². The number of piperidine rings is 1. The zero-order valence-corrected chi connectivity index (χ0v) is 13.0. The summed E-state index contributed by atoms with van der Waals surface area (Å²) in [6, 6.07) is 7.57. The molecular weight excluding hydrogens is 304 g/mol. The summed E-state index contributed by atoms with van der Waals surface area (Å²) in [7, 11) is 1.81. The molecule has 1 amide bonds. The van der Waals surface area contributed by atoms with E-state index < -0.39 is 11.9 Å². The van der Waals surface area contributed by atoms with E-state index in [-0.39, 0.29) is 12.5 Å². The highest BCUT2D eigenvalue weighted by Crippen LogP contribution is 2.31. The fraction of sp³-hybridized carbons (Fsp3) is 0.375. The van der Waals surface area contributed by atoms with E-state index in [4.69, 9.17) is 16.7 Å². The Morgan fingerprint density at radius 3 is 2.73 bits per heavy atom. The lowest BCUT2D eigenvalue weighted by atomic mass is 9.98. The largest absolute Gasteiger partial charge is 0.481 e. The number of fused-ring (bicyclic) bond motifs is 1. The fourth-order valence-corrected chi connectivity index (χ4v) is 3.46. The maximum atomic E-state index is 12.8. The lowest BCUT2D eigenvalue weighted by Crippen LogP contribution is -2.42. The van der Waals surface area contributed by atoms with Gasteiger partial charge in [-0.1, -0.05) is 29.8 Å². The fourth-order valence-electron chi connectivity index (χ4n) is 3.10. The Morgan fingerprint density at radius 1 is 1.32 bits per heavy atom. The van der Waals surface area contributed by atoms with Gasteiger partial charge in [-0.05, 0) is 18.9 Å². The molecule has 5 nitrogen and oxygen atoms in total. The number of likely N-dealkylation sites (tertiary alicyclic amines) is 1. The Morgan fingerprint density at radius 2 is 2.05 bits per heavy atom. The number of aryl methyl sites for hydroxylation is 1. The van der Waals surface area contributed by atoms with Crippen LogP contribution >= 0.6 is 11.6 Å². The molecule has 0 spiro atoms. The number of hydrogen-bond donors (Lipinski definition) is 1. The molecule has 1 aliphatic heterocycles. The molecule has 1 aliphatic rings. The third kappa shape index (κ3) is 2.35. The summed E-state index contributed by atoms with van der Waals surface area (Å²) in [6.07, 6.45) is 1.31. The number of hydrogen-bond acceptors (Lipinski definition) is 2. The SMILES string of the molecule is Cn1c(C(=O)N2CCC[C@H](C(=O)O)C2)c(Cl)c2ccccc21. The number of rotatable bonds is 2. The number of aromatic nitrogens is 1. The molecule has 0 unspecified atom stereocenters. The normalized spacial score (nSPS) is 18.6. The molecule has 2 heterocycles. The van der Waals surface area contributed by atoms with Crippen molar-refractivity contribution in [3.05, 3.63) is 35.0 Å². The van der Waals surface area contributed by atoms with E-state index >= 15 is 0 Å².